The van der Waals surface area contributed by atoms with Gasteiger partial charge in [0.1, 0.15) is 22.8 Å². The first-order chi connectivity index (χ1) is 17.4. The number of phenolic OH excluding ortho intramolecular Hbond substituents is 1. The molecular formula is C29H28N2O5. The van der Waals surface area contributed by atoms with Gasteiger partial charge < -0.3 is 18.8 Å². The number of rotatable bonds is 4. The summed E-state index contributed by atoms with van der Waals surface area (Å²) < 4.78 is 13.4. The minimum atomic E-state index is -0.121. The summed E-state index contributed by atoms with van der Waals surface area (Å²) in [4.78, 5) is 28.2. The highest BCUT2D eigenvalue weighted by atomic mass is 16.5. The smallest absolute Gasteiger partial charge is 0.250 e. The molecule has 2 atom stereocenters. The van der Waals surface area contributed by atoms with Gasteiger partial charge in [0.25, 0.3) is 5.56 Å². The van der Waals surface area contributed by atoms with Crippen LogP contribution < -0.4 is 15.7 Å². The molecule has 1 N–H and O–H groups in total. The Labute approximate surface area is 208 Å². The Morgan fingerprint density at radius 3 is 2.61 bits per heavy atom. The van der Waals surface area contributed by atoms with E-state index in [2.05, 4.69) is 4.90 Å². The van der Waals surface area contributed by atoms with Crippen LogP contribution in [0.2, 0.25) is 0 Å². The Bertz CT molecular complexity index is 1580. The molecule has 4 aromatic rings. The third-order valence-electron chi connectivity index (χ3n) is 7.63. The minimum absolute atomic E-state index is 0.0623. The van der Waals surface area contributed by atoms with Gasteiger partial charge in [-0.3, -0.25) is 14.5 Å². The number of aryl methyl sites for hydroxylation is 1. The number of hydrogen-bond donors (Lipinski definition) is 1. The van der Waals surface area contributed by atoms with Gasteiger partial charge in [0.2, 0.25) is 5.43 Å². The van der Waals surface area contributed by atoms with Crippen molar-refractivity contribution in [2.45, 2.75) is 32.4 Å². The van der Waals surface area contributed by atoms with E-state index in [-0.39, 0.29) is 22.7 Å². The van der Waals surface area contributed by atoms with Gasteiger partial charge in [-0.15, -0.1) is 0 Å². The highest BCUT2D eigenvalue weighted by Gasteiger charge is 2.35. The third-order valence-corrected chi connectivity index (χ3v) is 7.63. The number of piperidine rings is 1. The van der Waals surface area contributed by atoms with Crippen LogP contribution in [0.3, 0.4) is 0 Å². The number of nitrogens with zero attached hydrogens (tertiary/aromatic N) is 2. The van der Waals surface area contributed by atoms with Gasteiger partial charge in [0.15, 0.2) is 0 Å². The minimum Gasteiger partial charge on any atom is -0.507 e. The normalized spacial score (nSPS) is 19.3. The van der Waals surface area contributed by atoms with Crippen LogP contribution in [-0.2, 0) is 13.1 Å². The van der Waals surface area contributed by atoms with Crippen LogP contribution in [0.25, 0.3) is 22.1 Å². The van der Waals surface area contributed by atoms with Crippen molar-refractivity contribution < 1.29 is 14.3 Å². The number of likely N-dealkylation sites (tertiary alicyclic amines) is 1. The number of methoxy groups -OCH3 is 1. The molecule has 1 fully saturated rings. The monoisotopic (exact) mass is 484 g/mol. The molecule has 2 aromatic heterocycles. The summed E-state index contributed by atoms with van der Waals surface area (Å²) in [5.41, 5.74) is 3.35. The van der Waals surface area contributed by atoms with Gasteiger partial charge in [0.05, 0.1) is 23.6 Å². The summed E-state index contributed by atoms with van der Waals surface area (Å²) in [6.07, 6.45) is 1.06. The number of hydrogen-bond acceptors (Lipinski definition) is 6. The summed E-state index contributed by atoms with van der Waals surface area (Å²) in [5.74, 6) is 1.97. The lowest BCUT2D eigenvalue weighted by Crippen LogP contribution is -2.46. The summed E-state index contributed by atoms with van der Waals surface area (Å²) in [6, 6.07) is 16.1. The molecule has 36 heavy (non-hydrogen) atoms. The molecule has 0 saturated carbocycles. The maximum absolute atomic E-state index is 13.6. The van der Waals surface area contributed by atoms with Crippen LogP contribution in [0, 0.1) is 12.8 Å². The first-order valence-electron chi connectivity index (χ1n) is 12.3. The van der Waals surface area contributed by atoms with Crippen molar-refractivity contribution in [1.82, 2.24) is 9.47 Å². The highest BCUT2D eigenvalue weighted by molar-refractivity contribution is 5.86. The van der Waals surface area contributed by atoms with Crippen LogP contribution in [0.15, 0.2) is 68.6 Å². The van der Waals surface area contributed by atoms with Crippen molar-refractivity contribution in [2.75, 3.05) is 20.2 Å². The molecule has 0 radical (unpaired) electrons. The number of phenols is 1. The van der Waals surface area contributed by atoms with Crippen LogP contribution in [0.1, 0.15) is 29.4 Å². The largest absolute Gasteiger partial charge is 0.507 e. The fourth-order valence-corrected chi connectivity index (χ4v) is 6.00. The lowest BCUT2D eigenvalue weighted by molar-refractivity contribution is 0.113. The van der Waals surface area contributed by atoms with E-state index in [4.69, 9.17) is 9.15 Å². The van der Waals surface area contributed by atoms with E-state index >= 15 is 0 Å². The average Bonchev–Trinajstić information content (AvgIpc) is 2.87. The van der Waals surface area contributed by atoms with Crippen LogP contribution >= 0.6 is 0 Å². The lowest BCUT2D eigenvalue weighted by atomic mass is 9.83. The summed E-state index contributed by atoms with van der Waals surface area (Å²) in [7, 11) is 1.60. The predicted octanol–water partition coefficient (Wildman–Crippen LogP) is 4.26. The topological polar surface area (TPSA) is 84.9 Å². The first-order valence-corrected chi connectivity index (χ1v) is 12.3. The molecule has 2 aromatic carbocycles. The third kappa shape index (κ3) is 3.71. The zero-order chi connectivity index (χ0) is 25.0. The molecule has 0 aliphatic carbocycles. The van der Waals surface area contributed by atoms with E-state index in [1.165, 1.54) is 0 Å². The Kier molecular flexibility index (Phi) is 5.45. The second-order valence-electron chi connectivity index (χ2n) is 9.92. The molecule has 6 rings (SSSR count). The number of fused-ring (bicyclic) bond motifs is 5. The first kappa shape index (κ1) is 22.6. The Balaban J connectivity index is 1.37. The van der Waals surface area contributed by atoms with E-state index < -0.39 is 0 Å². The van der Waals surface area contributed by atoms with Crippen molar-refractivity contribution in [3.63, 3.8) is 0 Å². The zero-order valence-corrected chi connectivity index (χ0v) is 20.4. The van der Waals surface area contributed by atoms with E-state index in [9.17, 15) is 14.7 Å². The second kappa shape index (κ2) is 8.68. The SMILES string of the molecule is COc1ccc(-c2c(C)oc3c(CN4C[C@H]5C[C@@H](C4)c4cccc(=O)n4C5)c(O)ccc3c2=O)cc1. The molecule has 0 amide bonds. The van der Waals surface area contributed by atoms with Crippen molar-refractivity contribution in [3.05, 3.63) is 92.2 Å². The Hall–Kier alpha value is -3.84. The number of aromatic hydroxyl groups is 1. The quantitative estimate of drug-likeness (QED) is 0.466. The fraction of sp³-hybridized carbons (Fsp3) is 0.310. The molecule has 1 saturated heterocycles. The van der Waals surface area contributed by atoms with Gasteiger partial charge >= 0.3 is 0 Å². The number of ether oxygens (including phenoxy) is 1. The summed E-state index contributed by atoms with van der Waals surface area (Å²) in [6.45, 7) is 4.57. The van der Waals surface area contributed by atoms with Crippen LogP contribution in [0.4, 0.5) is 0 Å². The highest BCUT2D eigenvalue weighted by Crippen LogP contribution is 2.37. The molecule has 0 unspecified atom stereocenters. The van der Waals surface area contributed by atoms with Crippen molar-refractivity contribution in [1.29, 1.82) is 0 Å². The fourth-order valence-electron chi connectivity index (χ4n) is 6.00. The zero-order valence-electron chi connectivity index (χ0n) is 20.4. The maximum Gasteiger partial charge on any atom is 0.250 e. The van der Waals surface area contributed by atoms with Gasteiger partial charge in [-0.1, -0.05) is 18.2 Å². The van der Waals surface area contributed by atoms with Crippen molar-refractivity contribution in [3.8, 4) is 22.6 Å². The van der Waals surface area contributed by atoms with Crippen LogP contribution in [-0.4, -0.2) is 34.8 Å². The molecule has 4 heterocycles. The standard InChI is InChI=1S/C29H28N2O5/c1-17-27(19-6-8-21(35-2)9-7-19)28(34)22-10-11-25(32)23(29(22)36-17)16-30-13-18-12-20(15-30)24-4-3-5-26(33)31(24)14-18/h3-11,18,20,32H,12-16H2,1-2H3/t18-,20+/m1/s1. The van der Waals surface area contributed by atoms with E-state index in [0.717, 1.165) is 30.8 Å². The number of pyridine rings is 1. The predicted molar refractivity (Wildman–Crippen MR) is 138 cm³/mol. The van der Waals surface area contributed by atoms with Gasteiger partial charge in [0, 0.05) is 43.9 Å². The Morgan fingerprint density at radius 1 is 1.03 bits per heavy atom. The lowest BCUT2D eigenvalue weighted by Gasteiger charge is -2.42. The van der Waals surface area contributed by atoms with Gasteiger partial charge in [-0.25, -0.2) is 0 Å². The molecule has 2 aliphatic rings. The van der Waals surface area contributed by atoms with Crippen LogP contribution in [0.5, 0.6) is 11.5 Å². The molecular weight excluding hydrogens is 456 g/mol. The van der Waals surface area contributed by atoms with E-state index in [1.807, 2.05) is 41.0 Å². The maximum atomic E-state index is 13.6. The molecule has 7 heteroatoms. The molecule has 184 valence electrons. The molecule has 0 spiro atoms. The summed E-state index contributed by atoms with van der Waals surface area (Å²) in [5, 5.41) is 11.3. The van der Waals surface area contributed by atoms with Gasteiger partial charge in [-0.05, 0) is 55.2 Å². The molecule has 2 aliphatic heterocycles. The van der Waals surface area contributed by atoms with E-state index in [1.54, 1.807) is 32.2 Å². The second-order valence-corrected chi connectivity index (χ2v) is 9.92. The average molecular weight is 485 g/mol. The van der Waals surface area contributed by atoms with Crippen molar-refractivity contribution in [2.24, 2.45) is 5.92 Å². The number of aromatic nitrogens is 1. The molecule has 7 nitrogen and oxygen atoms in total. The summed E-state index contributed by atoms with van der Waals surface area (Å²) >= 11 is 0. The Morgan fingerprint density at radius 2 is 1.83 bits per heavy atom. The van der Waals surface area contributed by atoms with Gasteiger partial charge in [-0.2, -0.15) is 0 Å². The van der Waals surface area contributed by atoms with E-state index in [0.29, 0.717) is 52.6 Å². The van der Waals surface area contributed by atoms with Crippen molar-refractivity contribution >= 4 is 11.0 Å². The number of benzene rings is 2. The molecule has 2 bridgehead atoms.